The Morgan fingerprint density at radius 3 is 2.26 bits per heavy atom. The van der Waals surface area contributed by atoms with E-state index >= 15 is 4.39 Å². The van der Waals surface area contributed by atoms with Crippen LogP contribution in [0.3, 0.4) is 0 Å². The summed E-state index contributed by atoms with van der Waals surface area (Å²) in [4.78, 5) is 59.8. The molecule has 4 heterocycles. The third kappa shape index (κ3) is 7.92. The van der Waals surface area contributed by atoms with Crippen molar-refractivity contribution in [1.82, 2.24) is 25.3 Å². The van der Waals surface area contributed by atoms with Crippen molar-refractivity contribution in [3.63, 3.8) is 0 Å². The first-order valence-electron chi connectivity index (χ1n) is 19.8. The van der Waals surface area contributed by atoms with Gasteiger partial charge in [-0.1, -0.05) is 39.3 Å². The van der Waals surface area contributed by atoms with E-state index in [9.17, 15) is 24.4 Å². The second kappa shape index (κ2) is 16.1. The summed E-state index contributed by atoms with van der Waals surface area (Å²) in [6.07, 6.45) is 1.71. The molecule has 2 aromatic carbocycles. The summed E-state index contributed by atoms with van der Waals surface area (Å²) < 4.78 is 22.7. The van der Waals surface area contributed by atoms with Crippen molar-refractivity contribution in [3.05, 3.63) is 76.2 Å². The SMILES string of the molecule is CC1(C)C(Oc2ccc(C#N)c(Cl)c2)C(C)(C)C1N(C(=O)c1ccc(N2CCN(CC3CCN(c4ccc(C(N)=O)nn4)CC3)CC2)cc1F)C1CCC(=O)NC1=O. The second-order valence-electron chi connectivity index (χ2n) is 17.0. The number of amides is 4. The highest BCUT2D eigenvalue weighted by Gasteiger charge is 2.67. The van der Waals surface area contributed by atoms with Gasteiger partial charge in [0.25, 0.3) is 11.8 Å². The van der Waals surface area contributed by atoms with Gasteiger partial charge in [0.05, 0.1) is 22.2 Å². The first-order chi connectivity index (χ1) is 27.6. The molecule has 3 aromatic rings. The first kappa shape index (κ1) is 40.9. The molecule has 58 heavy (non-hydrogen) atoms. The average molecular weight is 814 g/mol. The molecule has 3 aliphatic heterocycles. The number of nitrogens with one attached hydrogen (secondary N) is 1. The smallest absolute Gasteiger partial charge is 0.269 e. The maximum atomic E-state index is 16.2. The van der Waals surface area contributed by atoms with Crippen molar-refractivity contribution >= 4 is 46.7 Å². The van der Waals surface area contributed by atoms with Crippen molar-refractivity contribution in [2.24, 2.45) is 22.5 Å². The molecule has 14 nitrogen and oxygen atoms in total. The number of anilines is 2. The maximum Gasteiger partial charge on any atom is 0.269 e. The molecule has 1 unspecified atom stereocenters. The number of nitrogens with zero attached hydrogens (tertiary/aromatic N) is 7. The lowest BCUT2D eigenvalue weighted by Crippen LogP contribution is -2.77. The normalized spacial score (nSPS) is 23.4. The molecule has 1 atom stereocenters. The van der Waals surface area contributed by atoms with Gasteiger partial charge in [-0.25, -0.2) is 4.39 Å². The highest BCUT2D eigenvalue weighted by atomic mass is 35.5. The number of ether oxygens (including phenoxy) is 1. The Morgan fingerprint density at radius 2 is 1.67 bits per heavy atom. The highest BCUT2D eigenvalue weighted by Crippen LogP contribution is 2.59. The van der Waals surface area contributed by atoms with Crippen LogP contribution in [-0.4, -0.2) is 108 Å². The van der Waals surface area contributed by atoms with E-state index in [1.807, 2.05) is 33.8 Å². The third-order valence-corrected chi connectivity index (χ3v) is 12.7. The quantitative estimate of drug-likeness (QED) is 0.277. The molecule has 1 aliphatic carbocycles. The Balaban J connectivity index is 1.01. The van der Waals surface area contributed by atoms with Gasteiger partial charge in [0.2, 0.25) is 11.8 Å². The van der Waals surface area contributed by atoms with Crippen LogP contribution in [0.2, 0.25) is 5.02 Å². The number of hydrogen-bond acceptors (Lipinski definition) is 11. The molecule has 16 heteroatoms. The molecule has 4 aliphatic rings. The zero-order chi connectivity index (χ0) is 41.5. The Labute approximate surface area is 342 Å². The molecule has 0 spiro atoms. The molecule has 4 amide bonds. The van der Waals surface area contributed by atoms with Gasteiger partial charge in [-0.15, -0.1) is 10.2 Å². The minimum atomic E-state index is -0.998. The lowest BCUT2D eigenvalue weighted by atomic mass is 9.48. The zero-order valence-corrected chi connectivity index (χ0v) is 34.0. The summed E-state index contributed by atoms with van der Waals surface area (Å²) >= 11 is 6.30. The molecule has 0 bridgehead atoms. The Bertz CT molecular complexity index is 2110. The van der Waals surface area contributed by atoms with Gasteiger partial charge in [0.1, 0.15) is 29.8 Å². The number of piperidine rings is 2. The van der Waals surface area contributed by atoms with Gasteiger partial charge < -0.3 is 25.2 Å². The standard InChI is InChI=1S/C42H49ClFN9O5/c1-41(2)39(42(3,4)40(41)58-28-7-5-26(23-45)30(43)22-28)53(33-10-12-35(54)47-37(33)56)38(57)29-8-6-27(21-31(29)44)51-19-17-50(18-20-51)24-25-13-15-52(16-14-25)34-11-9-32(36(46)55)48-49-34/h5-9,11,21-22,25,33,39-40H,10,12-20,24H2,1-4H3,(H2,46,55)(H,47,54,56). The number of halogens is 2. The van der Waals surface area contributed by atoms with E-state index in [4.69, 9.17) is 22.1 Å². The number of rotatable bonds is 10. The van der Waals surface area contributed by atoms with E-state index in [2.05, 4.69) is 30.2 Å². The fourth-order valence-corrected chi connectivity index (χ4v) is 10.1. The number of benzene rings is 2. The first-order valence-corrected chi connectivity index (χ1v) is 20.1. The molecule has 7 rings (SSSR count). The van der Waals surface area contributed by atoms with Crippen LogP contribution in [0.15, 0.2) is 48.5 Å². The highest BCUT2D eigenvalue weighted by molar-refractivity contribution is 6.31. The summed E-state index contributed by atoms with van der Waals surface area (Å²) in [6, 6.07) is 13.3. The monoisotopic (exact) mass is 813 g/mol. The zero-order valence-electron chi connectivity index (χ0n) is 33.2. The number of hydrogen-bond donors (Lipinski definition) is 2. The van der Waals surface area contributed by atoms with Crippen molar-refractivity contribution < 1.29 is 28.3 Å². The lowest BCUT2D eigenvalue weighted by Gasteiger charge is -2.66. The molecule has 4 fully saturated rings. The Kier molecular flexibility index (Phi) is 11.4. The predicted octanol–water partition coefficient (Wildman–Crippen LogP) is 4.41. The van der Waals surface area contributed by atoms with Gasteiger partial charge in [0.15, 0.2) is 11.5 Å². The topological polar surface area (TPSA) is 178 Å². The maximum absolute atomic E-state index is 16.2. The van der Waals surface area contributed by atoms with E-state index in [1.165, 1.54) is 17.0 Å². The fourth-order valence-electron chi connectivity index (χ4n) is 9.85. The van der Waals surface area contributed by atoms with Crippen molar-refractivity contribution in [3.8, 4) is 11.8 Å². The number of piperazine rings is 1. The number of primary amides is 1. The van der Waals surface area contributed by atoms with Crippen LogP contribution >= 0.6 is 11.6 Å². The van der Waals surface area contributed by atoms with Gasteiger partial charge in [-0.3, -0.25) is 29.4 Å². The van der Waals surface area contributed by atoms with Gasteiger partial charge in [-0.2, -0.15) is 5.26 Å². The minimum absolute atomic E-state index is 0.0489. The fraction of sp³-hybridized carbons (Fsp3) is 0.500. The van der Waals surface area contributed by atoms with Crippen molar-refractivity contribution in [2.75, 3.05) is 55.6 Å². The minimum Gasteiger partial charge on any atom is -0.489 e. The number of nitriles is 1. The molecular weight excluding hydrogens is 765 g/mol. The predicted molar refractivity (Wildman–Crippen MR) is 215 cm³/mol. The summed E-state index contributed by atoms with van der Waals surface area (Å²) in [5.41, 5.74) is 4.81. The number of carbonyl (C=O) groups is 4. The van der Waals surface area contributed by atoms with E-state index < -0.39 is 58.5 Å². The molecule has 1 saturated carbocycles. The van der Waals surface area contributed by atoms with E-state index in [-0.39, 0.29) is 29.1 Å². The van der Waals surface area contributed by atoms with Gasteiger partial charge in [0, 0.05) is 74.8 Å². The van der Waals surface area contributed by atoms with Crippen LogP contribution in [-0.2, 0) is 9.59 Å². The molecular formula is C42H49ClFN9O5. The largest absolute Gasteiger partial charge is 0.489 e. The number of carbonyl (C=O) groups excluding carboxylic acids is 4. The second-order valence-corrected chi connectivity index (χ2v) is 17.4. The van der Waals surface area contributed by atoms with Gasteiger partial charge >= 0.3 is 0 Å². The van der Waals surface area contributed by atoms with Crippen LogP contribution < -0.4 is 25.6 Å². The summed E-state index contributed by atoms with van der Waals surface area (Å²) in [5, 5.41) is 20.1. The van der Waals surface area contributed by atoms with Crippen LogP contribution in [0.25, 0.3) is 0 Å². The summed E-state index contributed by atoms with van der Waals surface area (Å²) in [7, 11) is 0. The summed E-state index contributed by atoms with van der Waals surface area (Å²) in [6.45, 7) is 13.4. The van der Waals surface area contributed by atoms with Gasteiger partial charge in [-0.05, 0) is 67.6 Å². The van der Waals surface area contributed by atoms with E-state index in [1.54, 1.807) is 36.4 Å². The molecule has 3 N–H and O–H groups in total. The molecule has 1 aromatic heterocycles. The van der Waals surface area contributed by atoms with E-state index in [0.717, 1.165) is 51.4 Å². The lowest BCUT2D eigenvalue weighted by molar-refractivity contribution is -0.207. The molecule has 306 valence electrons. The van der Waals surface area contributed by atoms with Crippen molar-refractivity contribution in [1.29, 1.82) is 5.26 Å². The molecule has 0 radical (unpaired) electrons. The van der Waals surface area contributed by atoms with Crippen LogP contribution in [0.5, 0.6) is 5.75 Å². The number of nitrogens with two attached hydrogens (primary N) is 1. The van der Waals surface area contributed by atoms with Crippen molar-refractivity contribution in [2.45, 2.75) is 71.6 Å². The third-order valence-electron chi connectivity index (χ3n) is 12.4. The average Bonchev–Trinajstić information content (AvgIpc) is 3.19. The molecule has 3 saturated heterocycles. The van der Waals surface area contributed by atoms with E-state index in [0.29, 0.717) is 36.0 Å². The number of imide groups is 1. The Morgan fingerprint density at radius 1 is 0.966 bits per heavy atom. The Hall–Kier alpha value is -5.33. The van der Waals surface area contributed by atoms with Crippen LogP contribution in [0, 0.1) is 33.9 Å². The van der Waals surface area contributed by atoms with Crippen LogP contribution in [0.1, 0.15) is 79.8 Å². The van der Waals surface area contributed by atoms with Crippen LogP contribution in [0.4, 0.5) is 15.9 Å². The summed E-state index contributed by atoms with van der Waals surface area (Å²) in [5.74, 6) is -1.20. The number of aromatic nitrogens is 2.